The van der Waals surface area contributed by atoms with Crippen LogP contribution in [-0.4, -0.2) is 46.6 Å². The highest BCUT2D eigenvalue weighted by Gasteiger charge is 2.27. The van der Waals surface area contributed by atoms with Crippen molar-refractivity contribution < 1.29 is 0 Å². The predicted molar refractivity (Wildman–Crippen MR) is 73.4 cm³/mol. The van der Waals surface area contributed by atoms with Gasteiger partial charge in [0.1, 0.15) is 5.02 Å². The fourth-order valence-corrected chi connectivity index (χ4v) is 2.41. The number of halogens is 1. The maximum atomic E-state index is 11.4. The van der Waals surface area contributed by atoms with Crippen molar-refractivity contribution in [3.8, 4) is 0 Å². The van der Waals surface area contributed by atoms with Gasteiger partial charge in [-0.1, -0.05) is 11.6 Å². The molecule has 0 unspecified atom stereocenters. The molecular weight excluding hydrogens is 252 g/mol. The summed E-state index contributed by atoms with van der Waals surface area (Å²) < 4.78 is 0. The molecule has 0 spiro atoms. The molecule has 1 aliphatic rings. The third kappa shape index (κ3) is 2.67. The lowest BCUT2D eigenvalue weighted by Crippen LogP contribution is -2.53. The van der Waals surface area contributed by atoms with Crippen LogP contribution in [0.4, 0.5) is 5.82 Å². The molecular formula is C12H19ClN4O. The van der Waals surface area contributed by atoms with Gasteiger partial charge in [-0.25, -0.2) is 4.98 Å². The second-order valence-corrected chi connectivity index (χ2v) is 5.89. The Kier molecular flexibility index (Phi) is 3.64. The number of nitrogens with one attached hydrogen (secondary N) is 1. The Morgan fingerprint density at radius 2 is 1.89 bits per heavy atom. The Hall–Kier alpha value is -1.07. The smallest absolute Gasteiger partial charge is 0.271 e. The van der Waals surface area contributed by atoms with Gasteiger partial charge in [-0.3, -0.25) is 9.69 Å². The summed E-state index contributed by atoms with van der Waals surface area (Å²) in [7, 11) is 0. The van der Waals surface area contributed by atoms with Crippen molar-refractivity contribution in [2.24, 2.45) is 0 Å². The average Bonchev–Trinajstić information content (AvgIpc) is 2.32. The number of piperazine rings is 1. The Bertz CT molecular complexity index is 472. The van der Waals surface area contributed by atoms with E-state index in [1.54, 1.807) is 0 Å². The maximum absolute atomic E-state index is 11.4. The molecule has 100 valence electrons. The van der Waals surface area contributed by atoms with Crippen LogP contribution in [0, 0.1) is 0 Å². The molecule has 0 saturated carbocycles. The summed E-state index contributed by atoms with van der Waals surface area (Å²) in [6.45, 7) is 10.2. The number of hydrogen-bond donors (Lipinski definition) is 1. The maximum Gasteiger partial charge on any atom is 0.271 e. The average molecular weight is 271 g/mol. The van der Waals surface area contributed by atoms with E-state index in [9.17, 15) is 4.79 Å². The zero-order valence-electron chi connectivity index (χ0n) is 11.0. The summed E-state index contributed by atoms with van der Waals surface area (Å²) in [5.41, 5.74) is -0.0998. The molecule has 1 aromatic rings. The highest BCUT2D eigenvalue weighted by molar-refractivity contribution is 6.32. The van der Waals surface area contributed by atoms with Crippen molar-refractivity contribution in [2.75, 3.05) is 31.1 Å². The third-order valence-electron chi connectivity index (χ3n) is 3.31. The van der Waals surface area contributed by atoms with Crippen LogP contribution in [-0.2, 0) is 0 Å². The minimum absolute atomic E-state index is 0.178. The fraction of sp³-hybridized carbons (Fsp3) is 0.667. The van der Waals surface area contributed by atoms with E-state index in [2.05, 4.69) is 40.5 Å². The van der Waals surface area contributed by atoms with Gasteiger partial charge < -0.3 is 9.88 Å². The van der Waals surface area contributed by atoms with E-state index >= 15 is 0 Å². The number of rotatable bonds is 1. The Morgan fingerprint density at radius 3 is 2.44 bits per heavy atom. The fourth-order valence-electron chi connectivity index (χ4n) is 2.18. The second-order valence-electron chi connectivity index (χ2n) is 5.51. The lowest BCUT2D eigenvalue weighted by atomic mass is 10.1. The molecule has 0 radical (unpaired) electrons. The van der Waals surface area contributed by atoms with Gasteiger partial charge in [-0.15, -0.1) is 0 Å². The highest BCUT2D eigenvalue weighted by atomic mass is 35.5. The summed E-state index contributed by atoms with van der Waals surface area (Å²) in [4.78, 5) is 22.6. The molecule has 1 aliphatic heterocycles. The van der Waals surface area contributed by atoms with Gasteiger partial charge in [0.15, 0.2) is 5.82 Å². The number of aromatic nitrogens is 2. The molecule has 1 N–H and O–H groups in total. The lowest BCUT2D eigenvalue weighted by molar-refractivity contribution is 0.128. The zero-order chi connectivity index (χ0) is 13.3. The van der Waals surface area contributed by atoms with E-state index in [0.29, 0.717) is 5.82 Å². The highest BCUT2D eigenvalue weighted by Crippen LogP contribution is 2.22. The SMILES string of the molecule is CC(C)(C)N1CCN(c2nc[nH]c(=O)c2Cl)CC1. The second kappa shape index (κ2) is 4.90. The van der Waals surface area contributed by atoms with Crippen molar-refractivity contribution in [2.45, 2.75) is 26.3 Å². The topological polar surface area (TPSA) is 52.2 Å². The number of aromatic amines is 1. The van der Waals surface area contributed by atoms with E-state index in [-0.39, 0.29) is 16.1 Å². The van der Waals surface area contributed by atoms with Gasteiger partial charge in [0.25, 0.3) is 5.56 Å². The van der Waals surface area contributed by atoms with Crippen molar-refractivity contribution in [1.29, 1.82) is 0 Å². The van der Waals surface area contributed by atoms with Gasteiger partial charge in [-0.05, 0) is 20.8 Å². The number of anilines is 1. The molecule has 0 amide bonds. The molecule has 0 bridgehead atoms. The number of nitrogens with zero attached hydrogens (tertiary/aromatic N) is 3. The first kappa shape index (κ1) is 13.4. The first-order valence-electron chi connectivity index (χ1n) is 6.13. The summed E-state index contributed by atoms with van der Waals surface area (Å²) in [5, 5.41) is 0.182. The molecule has 2 rings (SSSR count). The van der Waals surface area contributed by atoms with Crippen LogP contribution in [0.5, 0.6) is 0 Å². The van der Waals surface area contributed by atoms with Gasteiger partial charge in [0.05, 0.1) is 6.33 Å². The van der Waals surface area contributed by atoms with E-state index < -0.39 is 0 Å². The van der Waals surface area contributed by atoms with Crippen molar-refractivity contribution in [3.63, 3.8) is 0 Å². The quantitative estimate of drug-likeness (QED) is 0.837. The van der Waals surface area contributed by atoms with Gasteiger partial charge in [0, 0.05) is 31.7 Å². The van der Waals surface area contributed by atoms with Crippen molar-refractivity contribution in [1.82, 2.24) is 14.9 Å². The monoisotopic (exact) mass is 270 g/mol. The largest absolute Gasteiger partial charge is 0.353 e. The van der Waals surface area contributed by atoms with Crippen LogP contribution in [0.3, 0.4) is 0 Å². The molecule has 0 atom stereocenters. The normalized spacial score (nSPS) is 18.1. The van der Waals surface area contributed by atoms with Crippen LogP contribution >= 0.6 is 11.6 Å². The summed E-state index contributed by atoms with van der Waals surface area (Å²) in [5.74, 6) is 0.592. The predicted octanol–water partition coefficient (Wildman–Crippen LogP) is 1.34. The van der Waals surface area contributed by atoms with Crippen LogP contribution < -0.4 is 10.5 Å². The minimum atomic E-state index is -0.278. The van der Waals surface area contributed by atoms with Gasteiger partial charge >= 0.3 is 0 Å². The molecule has 1 fully saturated rings. The van der Waals surface area contributed by atoms with Crippen LogP contribution in [0.1, 0.15) is 20.8 Å². The van der Waals surface area contributed by atoms with Gasteiger partial charge in [-0.2, -0.15) is 0 Å². The number of hydrogen-bond acceptors (Lipinski definition) is 4. The first-order chi connectivity index (χ1) is 8.39. The lowest BCUT2D eigenvalue weighted by Gasteiger charge is -2.42. The van der Waals surface area contributed by atoms with Crippen LogP contribution in [0.25, 0.3) is 0 Å². The summed E-state index contributed by atoms with van der Waals surface area (Å²) in [6, 6.07) is 0. The molecule has 5 nitrogen and oxygen atoms in total. The molecule has 0 aliphatic carbocycles. The molecule has 0 aromatic carbocycles. The molecule has 1 aromatic heterocycles. The Labute approximate surface area is 112 Å². The Balaban J connectivity index is 2.11. The third-order valence-corrected chi connectivity index (χ3v) is 3.65. The zero-order valence-corrected chi connectivity index (χ0v) is 11.8. The van der Waals surface area contributed by atoms with Crippen molar-refractivity contribution >= 4 is 17.4 Å². The summed E-state index contributed by atoms with van der Waals surface area (Å²) in [6.07, 6.45) is 1.40. The molecule has 18 heavy (non-hydrogen) atoms. The standard InChI is InChI=1S/C12H19ClN4O/c1-12(2,3)17-6-4-16(5-7-17)10-9(13)11(18)15-8-14-10/h8H,4-7H2,1-3H3,(H,14,15,18). The molecule has 6 heteroatoms. The van der Waals surface area contributed by atoms with Gasteiger partial charge in [0.2, 0.25) is 0 Å². The van der Waals surface area contributed by atoms with E-state index in [1.165, 1.54) is 6.33 Å². The molecule has 1 saturated heterocycles. The van der Waals surface area contributed by atoms with Crippen molar-refractivity contribution in [3.05, 3.63) is 21.7 Å². The van der Waals surface area contributed by atoms with E-state index in [4.69, 9.17) is 11.6 Å². The Morgan fingerprint density at radius 1 is 1.28 bits per heavy atom. The first-order valence-corrected chi connectivity index (χ1v) is 6.50. The summed E-state index contributed by atoms with van der Waals surface area (Å²) >= 11 is 5.99. The molecule has 2 heterocycles. The minimum Gasteiger partial charge on any atom is -0.353 e. The number of H-pyrrole nitrogens is 1. The van der Waals surface area contributed by atoms with E-state index in [1.807, 2.05) is 0 Å². The van der Waals surface area contributed by atoms with Crippen LogP contribution in [0.2, 0.25) is 5.02 Å². The van der Waals surface area contributed by atoms with E-state index in [0.717, 1.165) is 26.2 Å². The van der Waals surface area contributed by atoms with Crippen LogP contribution in [0.15, 0.2) is 11.1 Å².